The molecule has 9 heteroatoms. The molecule has 1 aliphatic rings. The molecule has 7 nitrogen and oxygen atoms in total. The summed E-state index contributed by atoms with van der Waals surface area (Å²) in [6.45, 7) is 6.29. The number of carbonyl (C=O) groups excluding carboxylic acids is 1. The van der Waals surface area contributed by atoms with Gasteiger partial charge in [-0.1, -0.05) is 38.1 Å². The van der Waals surface area contributed by atoms with Gasteiger partial charge < -0.3 is 21.5 Å². The highest BCUT2D eigenvalue weighted by atomic mass is 32.2. The summed E-state index contributed by atoms with van der Waals surface area (Å²) >= 11 is 5.84. The zero-order chi connectivity index (χ0) is 23.7. The van der Waals surface area contributed by atoms with Crippen molar-refractivity contribution in [3.8, 4) is 0 Å². The van der Waals surface area contributed by atoms with E-state index in [9.17, 15) is 14.7 Å². The zero-order valence-electron chi connectivity index (χ0n) is 19.3. The van der Waals surface area contributed by atoms with Crippen LogP contribution in [-0.2, 0) is 22.6 Å². The quantitative estimate of drug-likeness (QED) is 0.272. The number of thiol groups is 1. The highest BCUT2D eigenvalue weighted by Gasteiger charge is 2.35. The number of amides is 1. The third-order valence-electron chi connectivity index (χ3n) is 5.99. The number of nitrogens with one attached hydrogen (secondary N) is 2. The smallest absolute Gasteiger partial charge is 0.326 e. The minimum Gasteiger partial charge on any atom is -0.480 e. The van der Waals surface area contributed by atoms with Crippen LogP contribution in [-0.4, -0.2) is 76.9 Å². The molecule has 0 radical (unpaired) electrons. The Hall–Kier alpha value is -1.26. The largest absolute Gasteiger partial charge is 0.480 e. The van der Waals surface area contributed by atoms with Crippen molar-refractivity contribution < 1.29 is 14.7 Å². The predicted octanol–water partition coefficient (Wildman–Crippen LogP) is 1.61. The van der Waals surface area contributed by atoms with E-state index in [2.05, 4.69) is 54.1 Å². The van der Waals surface area contributed by atoms with Gasteiger partial charge in [0.2, 0.25) is 5.91 Å². The molecular formula is C23H38N4O3S2. The van der Waals surface area contributed by atoms with Crippen LogP contribution in [0.3, 0.4) is 0 Å². The standard InChI is InChI=1S/C23H38N4O3S2/c1-15(2)20(25-11-18(24)14-31)13-27-12-17-7-5-4-6-16(17)10-21(27)22(28)26-19(23(29)30)8-9-32-3/h4-7,15,18-21,25,31H,8-14,24H2,1-3H3,(H,26,28)(H,29,30)/t18-,19+,20+,21+/m1/s1. The average molecular weight is 483 g/mol. The van der Waals surface area contributed by atoms with Gasteiger partial charge in [-0.3, -0.25) is 9.69 Å². The van der Waals surface area contributed by atoms with E-state index >= 15 is 0 Å². The van der Waals surface area contributed by atoms with Crippen LogP contribution in [0.5, 0.6) is 0 Å². The monoisotopic (exact) mass is 482 g/mol. The summed E-state index contributed by atoms with van der Waals surface area (Å²) in [6.07, 6.45) is 2.90. The van der Waals surface area contributed by atoms with Crippen LogP contribution in [0.4, 0.5) is 0 Å². The van der Waals surface area contributed by atoms with Gasteiger partial charge >= 0.3 is 5.97 Å². The lowest BCUT2D eigenvalue weighted by molar-refractivity contribution is -0.143. The Morgan fingerprint density at radius 1 is 1.31 bits per heavy atom. The zero-order valence-corrected chi connectivity index (χ0v) is 21.0. The van der Waals surface area contributed by atoms with Crippen molar-refractivity contribution >= 4 is 36.3 Å². The van der Waals surface area contributed by atoms with E-state index < -0.39 is 18.1 Å². The Balaban J connectivity index is 2.20. The van der Waals surface area contributed by atoms with Crippen molar-refractivity contribution in [2.75, 3.05) is 30.9 Å². The maximum Gasteiger partial charge on any atom is 0.326 e. The Labute approximate surface area is 201 Å². The van der Waals surface area contributed by atoms with Gasteiger partial charge in [-0.2, -0.15) is 24.4 Å². The number of carbonyl (C=O) groups is 2. The molecule has 1 heterocycles. The predicted molar refractivity (Wildman–Crippen MR) is 135 cm³/mol. The number of hydrogen-bond donors (Lipinski definition) is 5. The first-order chi connectivity index (χ1) is 15.3. The van der Waals surface area contributed by atoms with Crippen LogP contribution in [0.2, 0.25) is 0 Å². The lowest BCUT2D eigenvalue weighted by Crippen LogP contribution is -2.57. The number of thioether (sulfide) groups is 1. The Bertz CT molecular complexity index is 750. The fourth-order valence-corrected chi connectivity index (χ4v) is 4.52. The van der Waals surface area contributed by atoms with Gasteiger partial charge in [0, 0.05) is 37.5 Å². The van der Waals surface area contributed by atoms with Crippen LogP contribution in [0.15, 0.2) is 24.3 Å². The molecule has 0 saturated heterocycles. The van der Waals surface area contributed by atoms with Gasteiger partial charge in [0.15, 0.2) is 0 Å². The van der Waals surface area contributed by atoms with Gasteiger partial charge in [0.1, 0.15) is 6.04 Å². The van der Waals surface area contributed by atoms with Crippen molar-refractivity contribution in [3.05, 3.63) is 35.4 Å². The van der Waals surface area contributed by atoms with Gasteiger partial charge in [-0.05, 0) is 41.9 Å². The number of fused-ring (bicyclic) bond motifs is 1. The number of nitrogens with two attached hydrogens (primary N) is 1. The van der Waals surface area contributed by atoms with E-state index in [1.54, 1.807) is 11.8 Å². The summed E-state index contributed by atoms with van der Waals surface area (Å²) in [5.74, 6) is 0.419. The number of carboxylic acid groups (broad SMARTS) is 1. The molecule has 0 saturated carbocycles. The van der Waals surface area contributed by atoms with Gasteiger partial charge in [0.25, 0.3) is 0 Å². The number of aliphatic carboxylic acids is 1. The minimum atomic E-state index is -0.988. The second kappa shape index (κ2) is 13.4. The molecule has 1 aliphatic heterocycles. The molecule has 0 unspecified atom stereocenters. The molecule has 4 atom stereocenters. The molecule has 0 aromatic heterocycles. The fraction of sp³-hybridized carbons (Fsp3) is 0.652. The van der Waals surface area contributed by atoms with Crippen LogP contribution >= 0.6 is 24.4 Å². The van der Waals surface area contributed by atoms with Crippen LogP contribution in [0, 0.1) is 5.92 Å². The molecule has 0 spiro atoms. The number of nitrogens with zero attached hydrogens (tertiary/aromatic N) is 1. The highest BCUT2D eigenvalue weighted by Crippen LogP contribution is 2.24. The van der Waals surface area contributed by atoms with Crippen LogP contribution in [0.25, 0.3) is 0 Å². The van der Waals surface area contributed by atoms with E-state index in [4.69, 9.17) is 5.73 Å². The van der Waals surface area contributed by atoms with E-state index in [0.717, 1.165) is 5.56 Å². The van der Waals surface area contributed by atoms with Crippen molar-refractivity contribution in [1.29, 1.82) is 0 Å². The molecular weight excluding hydrogens is 444 g/mol. The molecule has 0 bridgehead atoms. The second-order valence-corrected chi connectivity index (χ2v) is 10.2. The number of carboxylic acids is 1. The van der Waals surface area contributed by atoms with Gasteiger partial charge in [0.05, 0.1) is 6.04 Å². The molecule has 1 aromatic carbocycles. The van der Waals surface area contributed by atoms with Gasteiger partial charge in [-0.25, -0.2) is 4.79 Å². The molecule has 0 aliphatic carbocycles. The Morgan fingerprint density at radius 3 is 2.59 bits per heavy atom. The summed E-state index contributed by atoms with van der Waals surface area (Å²) in [5, 5.41) is 15.9. The van der Waals surface area contributed by atoms with E-state index in [1.807, 2.05) is 18.4 Å². The topological polar surface area (TPSA) is 108 Å². The molecule has 180 valence electrons. The number of rotatable bonds is 13. The third kappa shape index (κ3) is 7.95. The average Bonchev–Trinajstić information content (AvgIpc) is 2.77. The molecule has 2 rings (SSSR count). The first-order valence-electron chi connectivity index (χ1n) is 11.2. The Kier molecular flexibility index (Phi) is 11.3. The Morgan fingerprint density at radius 2 is 2.00 bits per heavy atom. The third-order valence-corrected chi connectivity index (χ3v) is 7.10. The number of hydrogen-bond acceptors (Lipinski definition) is 7. The number of benzene rings is 1. The van der Waals surface area contributed by atoms with Crippen molar-refractivity contribution in [2.45, 2.75) is 57.4 Å². The van der Waals surface area contributed by atoms with Crippen molar-refractivity contribution in [2.24, 2.45) is 11.7 Å². The fourth-order valence-electron chi connectivity index (χ4n) is 3.92. The molecule has 32 heavy (non-hydrogen) atoms. The van der Waals surface area contributed by atoms with E-state index in [0.29, 0.717) is 49.9 Å². The van der Waals surface area contributed by atoms with Crippen LogP contribution < -0.4 is 16.4 Å². The maximum atomic E-state index is 13.3. The summed E-state index contributed by atoms with van der Waals surface area (Å²) in [7, 11) is 0. The summed E-state index contributed by atoms with van der Waals surface area (Å²) in [6, 6.07) is 6.98. The maximum absolute atomic E-state index is 13.3. The lowest BCUT2D eigenvalue weighted by atomic mass is 9.91. The molecule has 0 fully saturated rings. The highest BCUT2D eigenvalue weighted by molar-refractivity contribution is 7.98. The minimum absolute atomic E-state index is 0.0338. The first-order valence-corrected chi connectivity index (χ1v) is 13.2. The first kappa shape index (κ1) is 27.0. The summed E-state index contributed by atoms with van der Waals surface area (Å²) in [4.78, 5) is 27.1. The molecule has 1 aromatic rings. The van der Waals surface area contributed by atoms with E-state index in [1.165, 1.54) is 5.56 Å². The van der Waals surface area contributed by atoms with Crippen molar-refractivity contribution in [1.82, 2.24) is 15.5 Å². The summed E-state index contributed by atoms with van der Waals surface area (Å²) < 4.78 is 0. The van der Waals surface area contributed by atoms with E-state index in [-0.39, 0.29) is 18.0 Å². The molecule has 1 amide bonds. The summed E-state index contributed by atoms with van der Waals surface area (Å²) in [5.41, 5.74) is 8.40. The van der Waals surface area contributed by atoms with Crippen molar-refractivity contribution in [3.63, 3.8) is 0 Å². The SMILES string of the molecule is CSCC[C@H](NC(=O)[C@@H]1Cc2ccccc2CN1C[C@H](NC[C@@H](N)CS)C(C)C)C(=O)O. The molecule has 5 N–H and O–H groups in total. The second-order valence-electron chi connectivity index (χ2n) is 8.80. The lowest BCUT2D eigenvalue weighted by Gasteiger charge is -2.39. The van der Waals surface area contributed by atoms with Crippen LogP contribution in [0.1, 0.15) is 31.4 Å². The normalized spacial score (nSPS) is 19.2. The van der Waals surface area contributed by atoms with Gasteiger partial charge in [-0.15, -0.1) is 0 Å².